The van der Waals surface area contributed by atoms with E-state index in [1.165, 1.54) is 0 Å². The van der Waals surface area contributed by atoms with E-state index in [1.54, 1.807) is 0 Å². The second-order valence-corrected chi connectivity index (χ2v) is 5.15. The van der Waals surface area contributed by atoms with Crippen molar-refractivity contribution in [3.63, 3.8) is 0 Å². The number of carbonyl (C=O) groups is 1. The molecular weight excluding hydrogens is 315 g/mol. The number of halogens is 1. The van der Waals surface area contributed by atoms with E-state index in [4.69, 9.17) is 4.74 Å². The highest BCUT2D eigenvalue weighted by atomic mass is 127. The Hall–Kier alpha value is -0.580. The Morgan fingerprint density at radius 1 is 1.38 bits per heavy atom. The summed E-state index contributed by atoms with van der Waals surface area (Å²) in [5.41, 5.74) is 1.46. The van der Waals surface area contributed by atoms with E-state index in [1.807, 2.05) is 24.3 Å². The number of ether oxygens (including phenoxy) is 1. The minimum atomic E-state index is -0.362. The number of hydrogen-bond donors (Lipinski definition) is 0. The summed E-state index contributed by atoms with van der Waals surface area (Å²) in [6.07, 6.45) is 2.86. The van der Waals surface area contributed by atoms with Crippen LogP contribution in [0.3, 0.4) is 0 Å². The van der Waals surface area contributed by atoms with Crippen molar-refractivity contribution in [1.82, 2.24) is 0 Å². The first-order chi connectivity index (χ1) is 7.73. The third-order valence-corrected chi connectivity index (χ3v) is 3.97. The maximum absolute atomic E-state index is 11.8. The van der Waals surface area contributed by atoms with E-state index in [2.05, 4.69) is 29.5 Å². The fourth-order valence-electron chi connectivity index (χ4n) is 2.32. The number of rotatable bonds is 4. The molecule has 0 aromatic heterocycles. The van der Waals surface area contributed by atoms with Gasteiger partial charge in [-0.3, -0.25) is 0 Å². The van der Waals surface area contributed by atoms with E-state index in [-0.39, 0.29) is 11.6 Å². The third kappa shape index (κ3) is 1.85. The molecule has 0 amide bonds. The fraction of sp³-hybridized carbons (Fsp3) is 0.462. The number of fused-ring (bicyclic) bond motifs is 1. The van der Waals surface area contributed by atoms with Crippen LogP contribution in [-0.4, -0.2) is 10.4 Å². The summed E-state index contributed by atoms with van der Waals surface area (Å²) in [7, 11) is 0. The van der Waals surface area contributed by atoms with Crippen molar-refractivity contribution in [3.05, 3.63) is 35.4 Å². The molecule has 1 heterocycles. The first-order valence-electron chi connectivity index (χ1n) is 5.62. The highest BCUT2D eigenvalue weighted by Gasteiger charge is 2.43. The Morgan fingerprint density at radius 2 is 2.12 bits per heavy atom. The highest BCUT2D eigenvalue weighted by molar-refractivity contribution is 14.1. The maximum atomic E-state index is 11.8. The van der Waals surface area contributed by atoms with Gasteiger partial charge in [0, 0.05) is 5.56 Å². The zero-order chi connectivity index (χ0) is 11.6. The largest absolute Gasteiger partial charge is 0.451 e. The van der Waals surface area contributed by atoms with Gasteiger partial charge in [0.2, 0.25) is 0 Å². The zero-order valence-electron chi connectivity index (χ0n) is 9.33. The van der Waals surface area contributed by atoms with Crippen LogP contribution >= 0.6 is 22.6 Å². The molecule has 0 fully saturated rings. The quantitative estimate of drug-likeness (QED) is 0.478. The van der Waals surface area contributed by atoms with E-state index >= 15 is 0 Å². The molecule has 0 N–H and O–H groups in total. The molecule has 1 aromatic carbocycles. The average molecular weight is 330 g/mol. The molecule has 0 saturated carbocycles. The molecule has 2 nitrogen and oxygen atoms in total. The third-order valence-electron chi connectivity index (χ3n) is 3.21. The first-order valence-corrected chi connectivity index (χ1v) is 7.15. The van der Waals surface area contributed by atoms with Crippen LogP contribution in [0.25, 0.3) is 0 Å². The fourth-order valence-corrected chi connectivity index (χ4v) is 2.70. The number of carbonyl (C=O) groups excluding carboxylic acids is 1. The Morgan fingerprint density at radius 3 is 2.81 bits per heavy atom. The molecule has 1 aliphatic heterocycles. The Kier molecular flexibility index (Phi) is 3.52. The van der Waals surface area contributed by atoms with Crippen LogP contribution in [0.5, 0.6) is 0 Å². The molecule has 1 unspecified atom stereocenters. The SMILES string of the molecule is CCC1(CCCI)OC(=O)c2ccccc21. The summed E-state index contributed by atoms with van der Waals surface area (Å²) in [5, 5.41) is 0. The summed E-state index contributed by atoms with van der Waals surface area (Å²) in [6, 6.07) is 7.76. The van der Waals surface area contributed by atoms with Gasteiger partial charge in [-0.1, -0.05) is 47.7 Å². The van der Waals surface area contributed by atoms with Gasteiger partial charge < -0.3 is 4.74 Å². The number of hydrogen-bond acceptors (Lipinski definition) is 2. The minimum Gasteiger partial charge on any atom is -0.451 e. The molecule has 2 rings (SSSR count). The predicted octanol–water partition coefficient (Wildman–Crippen LogP) is 3.68. The molecule has 1 aliphatic rings. The maximum Gasteiger partial charge on any atom is 0.339 e. The van der Waals surface area contributed by atoms with Crippen molar-refractivity contribution in [2.24, 2.45) is 0 Å². The van der Waals surface area contributed by atoms with Gasteiger partial charge in [-0.15, -0.1) is 0 Å². The van der Waals surface area contributed by atoms with Crippen LogP contribution < -0.4 is 0 Å². The standard InChI is InChI=1S/C13H15IO2/c1-2-13(8-5-9-14)11-7-4-3-6-10(11)12(15)16-13/h3-4,6-7H,2,5,8-9H2,1H3. The van der Waals surface area contributed by atoms with Gasteiger partial charge >= 0.3 is 5.97 Å². The topological polar surface area (TPSA) is 26.3 Å². The molecular formula is C13H15IO2. The van der Waals surface area contributed by atoms with Crippen LogP contribution in [0.1, 0.15) is 42.1 Å². The first kappa shape index (κ1) is 11.9. The normalized spacial score (nSPS) is 23.0. The van der Waals surface area contributed by atoms with Gasteiger partial charge in [-0.2, -0.15) is 0 Å². The van der Waals surface area contributed by atoms with Crippen molar-refractivity contribution >= 4 is 28.6 Å². The lowest BCUT2D eigenvalue weighted by molar-refractivity contribution is -0.0152. The van der Waals surface area contributed by atoms with Crippen LogP contribution in [0.4, 0.5) is 0 Å². The van der Waals surface area contributed by atoms with Gasteiger partial charge in [0.25, 0.3) is 0 Å². The number of benzene rings is 1. The molecule has 86 valence electrons. The number of cyclic esters (lactones) is 1. The Balaban J connectivity index is 2.39. The van der Waals surface area contributed by atoms with Crippen molar-refractivity contribution in [3.8, 4) is 0 Å². The Labute approximate surface area is 110 Å². The minimum absolute atomic E-state index is 0.161. The summed E-state index contributed by atoms with van der Waals surface area (Å²) in [4.78, 5) is 11.8. The van der Waals surface area contributed by atoms with Crippen molar-refractivity contribution < 1.29 is 9.53 Å². The van der Waals surface area contributed by atoms with E-state index in [0.717, 1.165) is 34.8 Å². The molecule has 0 spiro atoms. The molecule has 1 aromatic rings. The van der Waals surface area contributed by atoms with E-state index in [0.29, 0.717) is 0 Å². The second kappa shape index (κ2) is 4.73. The molecule has 0 bridgehead atoms. The second-order valence-electron chi connectivity index (χ2n) is 4.08. The van der Waals surface area contributed by atoms with Gasteiger partial charge in [0.1, 0.15) is 5.60 Å². The summed E-state index contributed by atoms with van der Waals surface area (Å²) in [5.74, 6) is -0.161. The summed E-state index contributed by atoms with van der Waals surface area (Å²) in [6.45, 7) is 2.09. The smallest absolute Gasteiger partial charge is 0.339 e. The van der Waals surface area contributed by atoms with Crippen molar-refractivity contribution in [2.45, 2.75) is 31.8 Å². The lowest BCUT2D eigenvalue weighted by Crippen LogP contribution is -2.25. The zero-order valence-corrected chi connectivity index (χ0v) is 11.5. The lowest BCUT2D eigenvalue weighted by atomic mass is 9.86. The average Bonchev–Trinajstić information content (AvgIpc) is 2.62. The van der Waals surface area contributed by atoms with Crippen LogP contribution in [-0.2, 0) is 10.3 Å². The van der Waals surface area contributed by atoms with Gasteiger partial charge in [0.15, 0.2) is 0 Å². The molecule has 0 saturated heterocycles. The van der Waals surface area contributed by atoms with Gasteiger partial charge in [0.05, 0.1) is 5.56 Å². The lowest BCUT2D eigenvalue weighted by Gasteiger charge is -2.27. The summed E-state index contributed by atoms with van der Waals surface area (Å²) < 4.78 is 6.72. The van der Waals surface area contributed by atoms with E-state index < -0.39 is 0 Å². The molecule has 3 heteroatoms. The van der Waals surface area contributed by atoms with E-state index in [9.17, 15) is 4.79 Å². The molecule has 16 heavy (non-hydrogen) atoms. The number of esters is 1. The van der Waals surface area contributed by atoms with Crippen molar-refractivity contribution in [2.75, 3.05) is 4.43 Å². The molecule has 0 aliphatic carbocycles. The Bertz CT molecular complexity index is 403. The van der Waals surface area contributed by atoms with Crippen LogP contribution in [0.2, 0.25) is 0 Å². The molecule has 0 radical (unpaired) electrons. The molecule has 1 atom stereocenters. The number of alkyl halides is 1. The van der Waals surface area contributed by atoms with Crippen LogP contribution in [0, 0.1) is 0 Å². The monoisotopic (exact) mass is 330 g/mol. The van der Waals surface area contributed by atoms with Crippen LogP contribution in [0.15, 0.2) is 24.3 Å². The van der Waals surface area contributed by atoms with Gasteiger partial charge in [-0.05, 0) is 29.8 Å². The summed E-state index contributed by atoms with van der Waals surface area (Å²) >= 11 is 2.36. The predicted molar refractivity (Wildman–Crippen MR) is 71.9 cm³/mol. The van der Waals surface area contributed by atoms with Gasteiger partial charge in [-0.25, -0.2) is 4.79 Å². The van der Waals surface area contributed by atoms with Crippen molar-refractivity contribution in [1.29, 1.82) is 0 Å². The highest BCUT2D eigenvalue weighted by Crippen LogP contribution is 2.42.